The predicted molar refractivity (Wildman–Crippen MR) is 110 cm³/mol. The standard InChI is InChI=1S/C22H23F3N4O3/c1-12-5-6-13(2)17(9-12)31-11-16-15(4)32-27-20(16)21(30)28-8-7-18(22(23,24)25)29-19(28)10-14(3)26-29/h5-6,9-10,18H,7-8,11H2,1-4H3. The van der Waals surface area contributed by atoms with Gasteiger partial charge in [-0.05, 0) is 51.3 Å². The first-order valence-corrected chi connectivity index (χ1v) is 10.2. The summed E-state index contributed by atoms with van der Waals surface area (Å²) in [4.78, 5) is 14.6. The van der Waals surface area contributed by atoms with E-state index in [-0.39, 0.29) is 31.1 Å². The van der Waals surface area contributed by atoms with Gasteiger partial charge in [0.25, 0.3) is 5.91 Å². The predicted octanol–water partition coefficient (Wildman–Crippen LogP) is 4.84. The molecule has 3 heterocycles. The number of aromatic nitrogens is 3. The Kier molecular flexibility index (Phi) is 5.47. The van der Waals surface area contributed by atoms with Crippen molar-refractivity contribution in [1.82, 2.24) is 14.9 Å². The summed E-state index contributed by atoms with van der Waals surface area (Å²) in [6.07, 6.45) is -4.76. The first kappa shape index (κ1) is 21.9. The minimum absolute atomic E-state index is 0.0173. The lowest BCUT2D eigenvalue weighted by Crippen LogP contribution is -2.43. The smallest absolute Gasteiger partial charge is 0.410 e. The van der Waals surface area contributed by atoms with Crippen LogP contribution in [0.25, 0.3) is 0 Å². The Labute approximate surface area is 182 Å². The number of ether oxygens (including phenoxy) is 1. The fourth-order valence-corrected chi connectivity index (χ4v) is 3.80. The third-order valence-corrected chi connectivity index (χ3v) is 5.56. The van der Waals surface area contributed by atoms with Gasteiger partial charge in [0.2, 0.25) is 0 Å². The normalized spacial score (nSPS) is 16.2. The lowest BCUT2D eigenvalue weighted by Gasteiger charge is -2.33. The molecule has 10 heteroatoms. The molecule has 1 aromatic carbocycles. The number of anilines is 1. The molecule has 0 aliphatic carbocycles. The molecular weight excluding hydrogens is 425 g/mol. The molecule has 0 fully saturated rings. The van der Waals surface area contributed by atoms with Crippen LogP contribution in [0.3, 0.4) is 0 Å². The maximum absolute atomic E-state index is 13.5. The van der Waals surface area contributed by atoms with Crippen molar-refractivity contribution in [2.24, 2.45) is 0 Å². The van der Waals surface area contributed by atoms with Crippen LogP contribution in [0.2, 0.25) is 0 Å². The van der Waals surface area contributed by atoms with Crippen LogP contribution in [0.15, 0.2) is 28.8 Å². The molecule has 1 amide bonds. The second-order valence-corrected chi connectivity index (χ2v) is 8.01. The molecule has 0 saturated carbocycles. The van der Waals surface area contributed by atoms with Gasteiger partial charge in [-0.3, -0.25) is 9.69 Å². The van der Waals surface area contributed by atoms with E-state index in [4.69, 9.17) is 9.26 Å². The van der Waals surface area contributed by atoms with E-state index in [9.17, 15) is 18.0 Å². The van der Waals surface area contributed by atoms with Crippen molar-refractivity contribution >= 4 is 11.7 Å². The maximum Gasteiger partial charge on any atom is 0.410 e. The van der Waals surface area contributed by atoms with Crippen LogP contribution in [0, 0.1) is 27.7 Å². The zero-order chi connectivity index (χ0) is 23.2. The summed E-state index contributed by atoms with van der Waals surface area (Å²) in [5.74, 6) is 0.614. The highest BCUT2D eigenvalue weighted by Gasteiger charge is 2.46. The van der Waals surface area contributed by atoms with Crippen LogP contribution in [-0.2, 0) is 6.61 Å². The molecule has 7 nitrogen and oxygen atoms in total. The third-order valence-electron chi connectivity index (χ3n) is 5.56. The van der Waals surface area contributed by atoms with Gasteiger partial charge < -0.3 is 9.26 Å². The first-order chi connectivity index (χ1) is 15.1. The summed E-state index contributed by atoms with van der Waals surface area (Å²) in [6.45, 7) is 7.04. The van der Waals surface area contributed by atoms with Crippen LogP contribution in [-0.4, -0.2) is 33.6 Å². The van der Waals surface area contributed by atoms with Crippen molar-refractivity contribution < 1.29 is 27.2 Å². The van der Waals surface area contributed by atoms with Gasteiger partial charge in [-0.25, -0.2) is 4.68 Å². The molecular formula is C22H23F3N4O3. The number of aryl methyl sites for hydroxylation is 4. The number of benzene rings is 1. The number of hydrogen-bond acceptors (Lipinski definition) is 5. The summed E-state index contributed by atoms with van der Waals surface area (Å²) in [6, 6.07) is 5.49. The van der Waals surface area contributed by atoms with E-state index in [1.807, 2.05) is 32.0 Å². The fourth-order valence-electron chi connectivity index (χ4n) is 3.80. The number of nitrogens with zero attached hydrogens (tertiary/aromatic N) is 4. The molecule has 3 aromatic rings. The van der Waals surface area contributed by atoms with Crippen molar-refractivity contribution in [2.45, 2.75) is 52.9 Å². The largest absolute Gasteiger partial charge is 0.488 e. The van der Waals surface area contributed by atoms with Crippen molar-refractivity contribution in [3.8, 4) is 5.75 Å². The molecule has 4 rings (SSSR count). The van der Waals surface area contributed by atoms with E-state index in [1.54, 1.807) is 13.8 Å². The van der Waals surface area contributed by atoms with Gasteiger partial charge in [-0.2, -0.15) is 18.3 Å². The Hall–Kier alpha value is -3.30. The molecule has 1 aliphatic rings. The first-order valence-electron chi connectivity index (χ1n) is 10.2. The number of halogens is 3. The van der Waals surface area contributed by atoms with Crippen molar-refractivity contribution in [3.63, 3.8) is 0 Å². The second kappa shape index (κ2) is 7.99. The third kappa shape index (κ3) is 3.96. The van der Waals surface area contributed by atoms with E-state index < -0.39 is 18.1 Å². The number of amides is 1. The summed E-state index contributed by atoms with van der Waals surface area (Å²) in [5.41, 5.74) is 2.83. The summed E-state index contributed by atoms with van der Waals surface area (Å²) in [5, 5.41) is 7.87. The van der Waals surface area contributed by atoms with E-state index in [0.717, 1.165) is 15.8 Å². The van der Waals surface area contributed by atoms with E-state index in [1.165, 1.54) is 11.0 Å². The Bertz CT molecular complexity index is 1170. The molecule has 32 heavy (non-hydrogen) atoms. The highest BCUT2D eigenvalue weighted by atomic mass is 19.4. The van der Waals surface area contributed by atoms with Crippen LogP contribution in [0.1, 0.15) is 51.1 Å². The summed E-state index contributed by atoms with van der Waals surface area (Å²) < 4.78 is 52.4. The Balaban J connectivity index is 1.62. The van der Waals surface area contributed by atoms with Crippen molar-refractivity contribution in [1.29, 1.82) is 0 Å². The number of carbonyl (C=O) groups excluding carboxylic acids is 1. The maximum atomic E-state index is 13.5. The zero-order valence-corrected chi connectivity index (χ0v) is 18.2. The van der Waals surface area contributed by atoms with Gasteiger partial charge in [0.15, 0.2) is 11.7 Å². The highest BCUT2D eigenvalue weighted by Crippen LogP contribution is 2.40. The molecule has 170 valence electrons. The number of hydrogen-bond donors (Lipinski definition) is 0. The van der Waals surface area contributed by atoms with Gasteiger partial charge in [0.05, 0.1) is 11.3 Å². The van der Waals surface area contributed by atoms with Gasteiger partial charge in [-0.15, -0.1) is 0 Å². The monoisotopic (exact) mass is 448 g/mol. The van der Waals surface area contributed by atoms with Gasteiger partial charge in [-0.1, -0.05) is 17.3 Å². The van der Waals surface area contributed by atoms with Crippen LogP contribution in [0.5, 0.6) is 5.75 Å². The quantitative estimate of drug-likeness (QED) is 0.571. The number of carbonyl (C=O) groups is 1. The molecule has 1 aliphatic heterocycles. The van der Waals surface area contributed by atoms with Crippen molar-refractivity contribution in [3.05, 3.63) is 58.1 Å². The SMILES string of the molecule is Cc1ccc(C)c(OCc2c(C(=O)N3CCC(C(F)(F)F)n4nc(C)cc43)noc2C)c1. The van der Waals surface area contributed by atoms with Crippen LogP contribution < -0.4 is 9.64 Å². The number of alkyl halides is 3. The Morgan fingerprint density at radius 3 is 2.69 bits per heavy atom. The van der Waals surface area contributed by atoms with Gasteiger partial charge in [0.1, 0.15) is 23.9 Å². The van der Waals surface area contributed by atoms with Gasteiger partial charge >= 0.3 is 6.18 Å². The highest BCUT2D eigenvalue weighted by molar-refractivity contribution is 6.05. The second-order valence-electron chi connectivity index (χ2n) is 8.01. The molecule has 2 aromatic heterocycles. The molecule has 0 N–H and O–H groups in total. The van der Waals surface area contributed by atoms with E-state index in [2.05, 4.69) is 10.3 Å². The van der Waals surface area contributed by atoms with E-state index >= 15 is 0 Å². The van der Waals surface area contributed by atoms with Crippen molar-refractivity contribution in [2.75, 3.05) is 11.4 Å². The Morgan fingerprint density at radius 1 is 1.22 bits per heavy atom. The zero-order valence-electron chi connectivity index (χ0n) is 18.2. The lowest BCUT2D eigenvalue weighted by molar-refractivity contribution is -0.172. The Morgan fingerprint density at radius 2 is 1.97 bits per heavy atom. The van der Waals surface area contributed by atoms with Crippen LogP contribution >= 0.6 is 0 Å². The molecule has 0 saturated heterocycles. The summed E-state index contributed by atoms with van der Waals surface area (Å²) >= 11 is 0. The van der Waals surface area contributed by atoms with Crippen LogP contribution in [0.4, 0.5) is 19.0 Å². The molecule has 0 spiro atoms. The topological polar surface area (TPSA) is 73.4 Å². The van der Waals surface area contributed by atoms with E-state index in [0.29, 0.717) is 22.8 Å². The van der Waals surface area contributed by atoms with Gasteiger partial charge in [0, 0.05) is 12.6 Å². The number of fused-ring (bicyclic) bond motifs is 1. The molecule has 1 atom stereocenters. The molecule has 1 unspecified atom stereocenters. The minimum Gasteiger partial charge on any atom is -0.488 e. The average Bonchev–Trinajstić information content (AvgIpc) is 3.28. The number of rotatable bonds is 4. The summed E-state index contributed by atoms with van der Waals surface area (Å²) in [7, 11) is 0. The fraction of sp³-hybridized carbons (Fsp3) is 0.409. The molecule has 0 bridgehead atoms. The molecule has 0 radical (unpaired) electrons. The minimum atomic E-state index is -4.46. The lowest BCUT2D eigenvalue weighted by atomic mass is 10.1. The average molecular weight is 448 g/mol.